The van der Waals surface area contributed by atoms with Gasteiger partial charge >= 0.3 is 0 Å². The third kappa shape index (κ3) is 3.40. The maximum Gasteiger partial charge on any atom is 0.139 e. The van der Waals surface area contributed by atoms with Crippen molar-refractivity contribution in [2.24, 2.45) is 0 Å². The summed E-state index contributed by atoms with van der Waals surface area (Å²) in [4.78, 5) is 4.08. The van der Waals surface area contributed by atoms with Gasteiger partial charge in [0.05, 0.1) is 0 Å². The lowest BCUT2D eigenvalue weighted by Crippen LogP contribution is -2.01. The minimum absolute atomic E-state index is 0.665. The molecule has 23 heavy (non-hydrogen) atoms. The summed E-state index contributed by atoms with van der Waals surface area (Å²) in [5, 5.41) is 0. The highest BCUT2D eigenvalue weighted by atomic mass is 127. The molecule has 0 atom stereocenters. The standard InChI is InChI=1S/C20H19IOS/c1-23(18-8-4-2-5-9-18,19-10-6-3-7-11-19)20-14-12-17(13-15-20)22-16-21/h2-15H,16H2,1H3. The van der Waals surface area contributed by atoms with E-state index >= 15 is 0 Å². The van der Waals surface area contributed by atoms with Crippen LogP contribution in [0.5, 0.6) is 5.75 Å². The van der Waals surface area contributed by atoms with Gasteiger partial charge < -0.3 is 4.74 Å². The Balaban J connectivity index is 2.13. The first-order valence-electron chi connectivity index (χ1n) is 7.42. The van der Waals surface area contributed by atoms with Crippen LogP contribution in [0.1, 0.15) is 0 Å². The molecule has 0 fully saturated rings. The second-order valence-electron chi connectivity index (χ2n) is 5.27. The summed E-state index contributed by atoms with van der Waals surface area (Å²) in [5.41, 5.74) is 0. The zero-order chi connectivity index (χ0) is 16.1. The number of hydrogen-bond acceptors (Lipinski definition) is 1. The summed E-state index contributed by atoms with van der Waals surface area (Å²) in [6, 6.07) is 30.1. The Bertz CT molecular complexity index is 702. The van der Waals surface area contributed by atoms with Gasteiger partial charge in [-0.2, -0.15) is 10.0 Å². The van der Waals surface area contributed by atoms with Crippen molar-refractivity contribution in [3.63, 3.8) is 0 Å². The molecule has 3 aromatic rings. The largest absolute Gasteiger partial charge is 0.483 e. The van der Waals surface area contributed by atoms with Crippen LogP contribution in [0.25, 0.3) is 0 Å². The van der Waals surface area contributed by atoms with Crippen LogP contribution in [0.2, 0.25) is 0 Å². The maximum atomic E-state index is 5.58. The average molecular weight is 434 g/mol. The summed E-state index contributed by atoms with van der Waals surface area (Å²) in [6.45, 7) is 0. The molecule has 0 saturated carbocycles. The van der Waals surface area contributed by atoms with Gasteiger partial charge in [0.15, 0.2) is 0 Å². The molecule has 118 valence electrons. The summed E-state index contributed by atoms with van der Waals surface area (Å²) >= 11 is 2.22. The van der Waals surface area contributed by atoms with Crippen molar-refractivity contribution >= 4 is 32.6 Å². The van der Waals surface area contributed by atoms with Crippen LogP contribution in [0, 0.1) is 0 Å². The first-order chi connectivity index (χ1) is 11.2. The Kier molecular flexibility index (Phi) is 5.28. The summed E-state index contributed by atoms with van der Waals surface area (Å²) < 4.78 is 6.25. The fraction of sp³-hybridized carbons (Fsp3) is 0.100. The predicted octanol–water partition coefficient (Wildman–Crippen LogP) is 6.37. The zero-order valence-electron chi connectivity index (χ0n) is 13.0. The van der Waals surface area contributed by atoms with Gasteiger partial charge in [-0.1, -0.05) is 36.4 Å². The minimum atomic E-state index is -1.26. The summed E-state index contributed by atoms with van der Waals surface area (Å²) in [6.07, 6.45) is 2.37. The van der Waals surface area contributed by atoms with E-state index in [1.54, 1.807) is 0 Å². The second kappa shape index (κ2) is 7.41. The Morgan fingerprint density at radius 3 is 1.57 bits per heavy atom. The smallest absolute Gasteiger partial charge is 0.139 e. The first kappa shape index (κ1) is 16.4. The van der Waals surface area contributed by atoms with Crippen molar-refractivity contribution in [2.45, 2.75) is 14.7 Å². The fourth-order valence-electron chi connectivity index (χ4n) is 2.66. The molecule has 0 spiro atoms. The van der Waals surface area contributed by atoms with Crippen molar-refractivity contribution in [1.82, 2.24) is 0 Å². The number of ether oxygens (including phenoxy) is 1. The molecule has 0 amide bonds. The molecule has 0 aromatic heterocycles. The van der Waals surface area contributed by atoms with Crippen LogP contribution in [-0.4, -0.2) is 10.9 Å². The second-order valence-corrected chi connectivity index (χ2v) is 9.14. The van der Waals surface area contributed by atoms with Crippen molar-refractivity contribution in [1.29, 1.82) is 0 Å². The van der Waals surface area contributed by atoms with E-state index in [0.717, 1.165) is 5.75 Å². The van der Waals surface area contributed by atoms with Gasteiger partial charge in [0.2, 0.25) is 0 Å². The van der Waals surface area contributed by atoms with Gasteiger partial charge in [0.25, 0.3) is 0 Å². The van der Waals surface area contributed by atoms with Gasteiger partial charge in [-0.15, -0.1) is 0 Å². The third-order valence-corrected chi connectivity index (χ3v) is 7.90. The first-order valence-corrected chi connectivity index (χ1v) is 11.0. The third-order valence-electron chi connectivity index (χ3n) is 3.95. The van der Waals surface area contributed by atoms with Gasteiger partial charge in [-0.25, -0.2) is 0 Å². The fourth-order valence-corrected chi connectivity index (χ4v) is 5.92. The van der Waals surface area contributed by atoms with E-state index in [4.69, 9.17) is 4.74 Å². The molecule has 0 saturated heterocycles. The van der Waals surface area contributed by atoms with Crippen molar-refractivity contribution in [2.75, 3.05) is 10.9 Å². The van der Waals surface area contributed by atoms with Gasteiger partial charge in [-0.3, -0.25) is 0 Å². The molecule has 0 heterocycles. The van der Waals surface area contributed by atoms with Crippen LogP contribution in [-0.2, 0) is 0 Å². The number of halogens is 1. The average Bonchev–Trinajstić information content (AvgIpc) is 2.63. The van der Waals surface area contributed by atoms with E-state index < -0.39 is 10.0 Å². The normalized spacial score (nSPS) is 11.9. The molecule has 3 aromatic carbocycles. The molecule has 0 aliphatic heterocycles. The van der Waals surface area contributed by atoms with E-state index in [0.29, 0.717) is 4.61 Å². The van der Waals surface area contributed by atoms with E-state index in [1.165, 1.54) is 14.7 Å². The zero-order valence-corrected chi connectivity index (χ0v) is 16.0. The van der Waals surface area contributed by atoms with Crippen LogP contribution in [0.4, 0.5) is 0 Å². The SMILES string of the molecule is CS(c1ccccc1)(c1ccccc1)c1ccc(OCI)cc1. The van der Waals surface area contributed by atoms with E-state index in [9.17, 15) is 0 Å². The van der Waals surface area contributed by atoms with Crippen LogP contribution in [0.15, 0.2) is 99.6 Å². The Hall–Kier alpha value is -1.46. The molecule has 0 radical (unpaired) electrons. The van der Waals surface area contributed by atoms with Crippen molar-refractivity contribution in [3.8, 4) is 5.75 Å². The number of hydrogen-bond donors (Lipinski definition) is 0. The molecule has 0 aliphatic rings. The highest BCUT2D eigenvalue weighted by Crippen LogP contribution is 2.65. The number of alkyl halides is 1. The molecule has 0 aliphatic carbocycles. The Labute approximate surface area is 153 Å². The van der Waals surface area contributed by atoms with Gasteiger partial charge in [-0.05, 0) is 92.1 Å². The van der Waals surface area contributed by atoms with E-state index in [1.807, 2.05) is 0 Å². The molecule has 0 bridgehead atoms. The lowest BCUT2D eigenvalue weighted by Gasteiger charge is -2.37. The molecule has 3 heteroatoms. The molecular weight excluding hydrogens is 415 g/mol. The Morgan fingerprint density at radius 2 is 1.13 bits per heavy atom. The van der Waals surface area contributed by atoms with Crippen molar-refractivity contribution < 1.29 is 4.74 Å². The quantitative estimate of drug-likeness (QED) is 0.335. The molecular formula is C20H19IOS. The van der Waals surface area contributed by atoms with E-state index in [2.05, 4.69) is 114 Å². The molecule has 3 rings (SSSR count). The van der Waals surface area contributed by atoms with Crippen LogP contribution < -0.4 is 4.74 Å². The lowest BCUT2D eigenvalue weighted by atomic mass is 10.3. The molecule has 0 N–H and O–H groups in total. The predicted molar refractivity (Wildman–Crippen MR) is 107 cm³/mol. The number of rotatable bonds is 5. The topological polar surface area (TPSA) is 9.23 Å². The molecule has 0 unspecified atom stereocenters. The van der Waals surface area contributed by atoms with Crippen molar-refractivity contribution in [3.05, 3.63) is 84.9 Å². The summed E-state index contributed by atoms with van der Waals surface area (Å²) in [5.74, 6) is 0.922. The van der Waals surface area contributed by atoms with Crippen LogP contribution in [0.3, 0.4) is 0 Å². The highest BCUT2D eigenvalue weighted by Gasteiger charge is 2.25. The Morgan fingerprint density at radius 1 is 0.696 bits per heavy atom. The highest BCUT2D eigenvalue weighted by molar-refractivity contribution is 14.1. The van der Waals surface area contributed by atoms with Crippen LogP contribution >= 0.6 is 32.6 Å². The monoisotopic (exact) mass is 434 g/mol. The van der Waals surface area contributed by atoms with E-state index in [-0.39, 0.29) is 0 Å². The number of benzene rings is 3. The molecule has 1 nitrogen and oxygen atoms in total. The maximum absolute atomic E-state index is 5.58. The minimum Gasteiger partial charge on any atom is -0.483 e. The lowest BCUT2D eigenvalue weighted by molar-refractivity contribution is 0.404. The van der Waals surface area contributed by atoms with Gasteiger partial charge in [0, 0.05) is 0 Å². The van der Waals surface area contributed by atoms with Gasteiger partial charge in [0.1, 0.15) is 10.4 Å². The summed E-state index contributed by atoms with van der Waals surface area (Å²) in [7, 11) is -1.26.